The van der Waals surface area contributed by atoms with Gasteiger partial charge >= 0.3 is 0 Å². The van der Waals surface area contributed by atoms with Gasteiger partial charge in [-0.3, -0.25) is 9.52 Å². The number of aryl methyl sites for hydroxylation is 1. The molecule has 1 amide bonds. The number of sulfonamides is 1. The number of amides is 1. The van der Waals surface area contributed by atoms with Crippen LogP contribution in [0, 0.1) is 6.92 Å². The first-order chi connectivity index (χ1) is 13.8. The third-order valence-corrected chi connectivity index (χ3v) is 6.09. The number of pyridine rings is 1. The monoisotopic (exact) mass is 475 g/mol. The highest BCUT2D eigenvalue weighted by molar-refractivity contribution is 9.10. The van der Waals surface area contributed by atoms with E-state index >= 15 is 0 Å². The summed E-state index contributed by atoms with van der Waals surface area (Å²) in [4.78, 5) is 16.5. The second-order valence-electron chi connectivity index (χ2n) is 6.14. The minimum atomic E-state index is -3.83. The van der Waals surface area contributed by atoms with Crippen LogP contribution in [0.25, 0.3) is 0 Å². The Kier molecular flexibility index (Phi) is 6.19. The van der Waals surface area contributed by atoms with Crippen LogP contribution in [0.4, 0.5) is 11.4 Å². The van der Waals surface area contributed by atoms with Gasteiger partial charge in [0.25, 0.3) is 15.9 Å². The minimum absolute atomic E-state index is 0.0751. The molecule has 0 aliphatic carbocycles. The lowest BCUT2D eigenvalue weighted by Crippen LogP contribution is -2.16. The van der Waals surface area contributed by atoms with Crippen molar-refractivity contribution in [3.8, 4) is 5.88 Å². The highest BCUT2D eigenvalue weighted by Gasteiger charge is 2.18. The van der Waals surface area contributed by atoms with Gasteiger partial charge in [0.05, 0.1) is 17.6 Å². The van der Waals surface area contributed by atoms with E-state index in [1.165, 1.54) is 19.4 Å². The molecule has 0 fully saturated rings. The lowest BCUT2D eigenvalue weighted by atomic mass is 10.2. The Hall–Kier alpha value is -2.91. The Labute approximate surface area is 177 Å². The summed E-state index contributed by atoms with van der Waals surface area (Å²) in [6.07, 6.45) is 1.38. The maximum Gasteiger partial charge on any atom is 0.262 e. The van der Waals surface area contributed by atoms with Gasteiger partial charge in [0.1, 0.15) is 0 Å². The fourth-order valence-electron chi connectivity index (χ4n) is 2.53. The number of aromatic nitrogens is 1. The molecule has 1 aromatic heterocycles. The average Bonchev–Trinajstić information content (AvgIpc) is 2.71. The molecule has 29 heavy (non-hydrogen) atoms. The highest BCUT2D eigenvalue weighted by atomic mass is 79.9. The van der Waals surface area contributed by atoms with Crippen LogP contribution < -0.4 is 14.8 Å². The van der Waals surface area contributed by atoms with Crippen LogP contribution in [0.1, 0.15) is 15.9 Å². The van der Waals surface area contributed by atoms with Gasteiger partial charge in [-0.15, -0.1) is 0 Å². The summed E-state index contributed by atoms with van der Waals surface area (Å²) >= 11 is 3.31. The van der Waals surface area contributed by atoms with Gasteiger partial charge in [0, 0.05) is 28.1 Å². The molecule has 0 saturated carbocycles. The molecule has 0 aliphatic rings. The molecule has 1 heterocycles. The Balaban J connectivity index is 1.83. The maximum absolute atomic E-state index is 12.8. The smallest absolute Gasteiger partial charge is 0.262 e. The average molecular weight is 476 g/mol. The Morgan fingerprint density at radius 1 is 1.03 bits per heavy atom. The van der Waals surface area contributed by atoms with Crippen LogP contribution in [-0.4, -0.2) is 26.4 Å². The fourth-order valence-corrected chi connectivity index (χ4v) is 4.13. The number of carbonyl (C=O) groups excluding carboxylic acids is 1. The zero-order valence-electron chi connectivity index (χ0n) is 15.6. The van der Waals surface area contributed by atoms with Gasteiger partial charge in [-0.05, 0) is 55.0 Å². The van der Waals surface area contributed by atoms with E-state index in [0.29, 0.717) is 28.4 Å². The number of hydrogen-bond donors (Lipinski definition) is 2. The molecule has 2 aromatic carbocycles. The largest absolute Gasteiger partial charge is 0.481 e. The molecule has 0 radical (unpaired) electrons. The number of anilines is 2. The van der Waals surface area contributed by atoms with Crippen LogP contribution in [0.5, 0.6) is 5.88 Å². The van der Waals surface area contributed by atoms with Crippen LogP contribution in [0.3, 0.4) is 0 Å². The van der Waals surface area contributed by atoms with E-state index in [4.69, 9.17) is 4.74 Å². The third-order valence-electron chi connectivity index (χ3n) is 4.04. The molecule has 0 saturated heterocycles. The second-order valence-corrected chi connectivity index (χ2v) is 8.70. The second kappa shape index (κ2) is 8.62. The molecule has 0 bridgehead atoms. The van der Waals surface area contributed by atoms with E-state index in [1.54, 1.807) is 55.5 Å². The zero-order valence-corrected chi connectivity index (χ0v) is 18.0. The number of ether oxygens (including phenoxy) is 1. The van der Waals surface area contributed by atoms with E-state index in [9.17, 15) is 13.2 Å². The first-order valence-corrected chi connectivity index (χ1v) is 10.8. The van der Waals surface area contributed by atoms with Crippen molar-refractivity contribution in [1.29, 1.82) is 0 Å². The normalized spacial score (nSPS) is 11.0. The highest BCUT2D eigenvalue weighted by Crippen LogP contribution is 2.24. The molecule has 2 N–H and O–H groups in total. The predicted octanol–water partition coefficient (Wildman–Crippen LogP) is 4.21. The number of rotatable bonds is 6. The maximum atomic E-state index is 12.8. The molecule has 3 aromatic rings. The molecule has 0 atom stereocenters. The molecule has 3 rings (SSSR count). The van der Waals surface area contributed by atoms with E-state index in [0.717, 1.165) is 4.47 Å². The van der Waals surface area contributed by atoms with Gasteiger partial charge in [-0.25, -0.2) is 13.4 Å². The number of hydrogen-bond acceptors (Lipinski definition) is 5. The number of benzene rings is 2. The Bertz CT molecular complexity index is 1130. The molecule has 0 aliphatic heterocycles. The number of carbonyl (C=O) groups is 1. The minimum Gasteiger partial charge on any atom is -0.481 e. The lowest BCUT2D eigenvalue weighted by molar-refractivity contribution is 0.102. The number of nitrogens with one attached hydrogen (secondary N) is 2. The van der Waals surface area contributed by atoms with Crippen molar-refractivity contribution in [2.75, 3.05) is 17.1 Å². The van der Waals surface area contributed by atoms with Crippen molar-refractivity contribution in [2.24, 2.45) is 0 Å². The summed E-state index contributed by atoms with van der Waals surface area (Å²) < 4.78 is 34.0. The summed E-state index contributed by atoms with van der Waals surface area (Å²) in [7, 11) is -2.35. The van der Waals surface area contributed by atoms with Crippen LogP contribution in [-0.2, 0) is 10.0 Å². The summed E-state index contributed by atoms with van der Waals surface area (Å²) in [5.41, 5.74) is 1.67. The van der Waals surface area contributed by atoms with Crippen molar-refractivity contribution in [3.05, 3.63) is 76.4 Å². The zero-order chi connectivity index (χ0) is 21.0. The SMILES string of the molecule is COc1ccc(C(=O)Nc2ccc(C)c(S(=O)(=O)Nc3ccc(Br)cc3)c2)cn1. The van der Waals surface area contributed by atoms with Gasteiger partial charge in [0.15, 0.2) is 0 Å². The van der Waals surface area contributed by atoms with E-state index in [2.05, 4.69) is 31.0 Å². The summed E-state index contributed by atoms with van der Waals surface area (Å²) in [5.74, 6) is -0.0162. The van der Waals surface area contributed by atoms with Crippen molar-refractivity contribution in [1.82, 2.24) is 4.98 Å². The third kappa shape index (κ3) is 5.12. The molecular weight excluding hydrogens is 458 g/mol. The van der Waals surface area contributed by atoms with Crippen LogP contribution >= 0.6 is 15.9 Å². The number of methoxy groups -OCH3 is 1. The summed E-state index contributed by atoms with van der Waals surface area (Å²) in [6, 6.07) is 14.6. The molecule has 150 valence electrons. The standard InChI is InChI=1S/C20H18BrN3O4S/c1-13-3-7-17(23-20(25)14-4-10-19(28-2)22-12-14)11-18(13)29(26,27)24-16-8-5-15(21)6-9-16/h3-12,24H,1-2H3,(H,23,25). The first-order valence-electron chi connectivity index (χ1n) is 8.49. The quantitative estimate of drug-likeness (QED) is 0.556. The molecule has 7 nitrogen and oxygen atoms in total. The van der Waals surface area contributed by atoms with Gasteiger partial charge in [-0.1, -0.05) is 22.0 Å². The van der Waals surface area contributed by atoms with Crippen LogP contribution in [0.15, 0.2) is 70.2 Å². The molecule has 0 spiro atoms. The summed E-state index contributed by atoms with van der Waals surface area (Å²) in [6.45, 7) is 1.69. The predicted molar refractivity (Wildman–Crippen MR) is 115 cm³/mol. The first kappa shape index (κ1) is 20.8. The Morgan fingerprint density at radius 3 is 2.34 bits per heavy atom. The van der Waals surface area contributed by atoms with Crippen molar-refractivity contribution >= 4 is 43.2 Å². The molecular formula is C20H18BrN3O4S. The number of nitrogens with zero attached hydrogens (tertiary/aromatic N) is 1. The van der Waals surface area contributed by atoms with E-state index in [-0.39, 0.29) is 4.90 Å². The Morgan fingerprint density at radius 2 is 1.72 bits per heavy atom. The van der Waals surface area contributed by atoms with Crippen molar-refractivity contribution in [3.63, 3.8) is 0 Å². The summed E-state index contributed by atoms with van der Waals surface area (Å²) in [5, 5.41) is 2.69. The molecule has 9 heteroatoms. The lowest BCUT2D eigenvalue weighted by Gasteiger charge is -2.13. The number of halogens is 1. The van der Waals surface area contributed by atoms with Crippen molar-refractivity contribution in [2.45, 2.75) is 11.8 Å². The van der Waals surface area contributed by atoms with Gasteiger partial charge < -0.3 is 10.1 Å². The van der Waals surface area contributed by atoms with E-state index < -0.39 is 15.9 Å². The van der Waals surface area contributed by atoms with Crippen LogP contribution in [0.2, 0.25) is 0 Å². The van der Waals surface area contributed by atoms with Gasteiger partial charge in [-0.2, -0.15) is 0 Å². The fraction of sp³-hybridized carbons (Fsp3) is 0.100. The van der Waals surface area contributed by atoms with Crippen molar-refractivity contribution < 1.29 is 17.9 Å². The van der Waals surface area contributed by atoms with Gasteiger partial charge in [0.2, 0.25) is 5.88 Å². The molecule has 0 unspecified atom stereocenters. The topological polar surface area (TPSA) is 97.4 Å². The van der Waals surface area contributed by atoms with E-state index in [1.807, 2.05) is 0 Å².